The maximum atomic E-state index is 8.52. The third-order valence-corrected chi connectivity index (χ3v) is 3.28. The van der Waals surface area contributed by atoms with Gasteiger partial charge in [0.25, 0.3) is 0 Å². The molecule has 0 aliphatic heterocycles. The van der Waals surface area contributed by atoms with E-state index in [1.807, 2.05) is 30.3 Å². The van der Waals surface area contributed by atoms with Crippen LogP contribution in [0.15, 0.2) is 48.5 Å². The van der Waals surface area contributed by atoms with E-state index in [2.05, 4.69) is 43.4 Å². The molecule has 2 aromatic carbocycles. The molecule has 0 saturated heterocycles. The highest BCUT2D eigenvalue weighted by Crippen LogP contribution is 2.19. The van der Waals surface area contributed by atoms with E-state index in [1.54, 1.807) is 0 Å². The molecular weight excluding hydrogens is 260 g/mol. The fourth-order valence-electron chi connectivity index (χ4n) is 2.04. The molecule has 2 aromatic rings. The number of hydrogen-bond donors (Lipinski definition) is 1. The first-order valence-electron chi connectivity index (χ1n) is 7.11. The summed E-state index contributed by atoms with van der Waals surface area (Å²) in [5.41, 5.74) is 3.58. The molecule has 1 N–H and O–H groups in total. The van der Waals surface area contributed by atoms with Gasteiger partial charge in [-0.3, -0.25) is 0 Å². The molecule has 0 fully saturated rings. The van der Waals surface area contributed by atoms with Gasteiger partial charge in [-0.25, -0.2) is 0 Å². The number of nitriles is 1. The van der Waals surface area contributed by atoms with Crippen molar-refractivity contribution in [1.29, 1.82) is 5.26 Å². The van der Waals surface area contributed by atoms with Crippen molar-refractivity contribution in [1.82, 2.24) is 0 Å². The third-order valence-electron chi connectivity index (χ3n) is 3.28. The van der Waals surface area contributed by atoms with Crippen molar-refractivity contribution in [3.8, 4) is 11.8 Å². The van der Waals surface area contributed by atoms with E-state index >= 15 is 0 Å². The topological polar surface area (TPSA) is 45.0 Å². The minimum absolute atomic E-state index is 0.0696. The summed E-state index contributed by atoms with van der Waals surface area (Å²) < 4.78 is 5.29. The molecule has 21 heavy (non-hydrogen) atoms. The van der Waals surface area contributed by atoms with Crippen molar-refractivity contribution in [2.75, 3.05) is 11.9 Å². The van der Waals surface area contributed by atoms with Gasteiger partial charge >= 0.3 is 0 Å². The van der Waals surface area contributed by atoms with Crippen LogP contribution in [0.4, 0.5) is 5.69 Å². The van der Waals surface area contributed by atoms with Crippen LogP contribution in [-0.2, 0) is 6.54 Å². The van der Waals surface area contributed by atoms with Crippen LogP contribution in [0.2, 0.25) is 0 Å². The van der Waals surface area contributed by atoms with E-state index in [-0.39, 0.29) is 6.61 Å². The molecule has 0 atom stereocenters. The van der Waals surface area contributed by atoms with E-state index in [1.165, 1.54) is 11.1 Å². The monoisotopic (exact) mass is 280 g/mol. The zero-order valence-electron chi connectivity index (χ0n) is 12.5. The molecular formula is C18H20N2O. The van der Waals surface area contributed by atoms with Crippen molar-refractivity contribution < 1.29 is 4.74 Å². The van der Waals surface area contributed by atoms with Crippen molar-refractivity contribution in [2.24, 2.45) is 0 Å². The zero-order chi connectivity index (χ0) is 15.1. The summed E-state index contributed by atoms with van der Waals surface area (Å²) in [6, 6.07) is 18.3. The van der Waals surface area contributed by atoms with Crippen LogP contribution in [0, 0.1) is 11.3 Å². The van der Waals surface area contributed by atoms with Crippen molar-refractivity contribution in [3.05, 3.63) is 59.7 Å². The van der Waals surface area contributed by atoms with Gasteiger partial charge in [-0.2, -0.15) is 5.26 Å². The van der Waals surface area contributed by atoms with Gasteiger partial charge in [-0.1, -0.05) is 44.2 Å². The fraction of sp³-hybridized carbons (Fsp3) is 0.278. The minimum atomic E-state index is 0.0696. The van der Waals surface area contributed by atoms with Crippen molar-refractivity contribution >= 4 is 5.69 Å². The Hall–Kier alpha value is -2.47. The minimum Gasteiger partial charge on any atom is -0.479 e. The van der Waals surface area contributed by atoms with E-state index < -0.39 is 0 Å². The number of hydrogen-bond acceptors (Lipinski definition) is 3. The van der Waals surface area contributed by atoms with Gasteiger partial charge in [-0.15, -0.1) is 0 Å². The molecule has 0 spiro atoms. The molecule has 0 aliphatic rings. The average Bonchev–Trinajstić information content (AvgIpc) is 2.52. The average molecular weight is 280 g/mol. The lowest BCUT2D eigenvalue weighted by molar-refractivity contribution is 0.368. The van der Waals surface area contributed by atoms with Gasteiger partial charge in [0.15, 0.2) is 6.61 Å². The molecule has 0 bridgehead atoms. The Kier molecular flexibility index (Phi) is 5.22. The zero-order valence-corrected chi connectivity index (χ0v) is 12.5. The normalized spacial score (nSPS) is 10.2. The van der Waals surface area contributed by atoms with Gasteiger partial charge in [0.2, 0.25) is 0 Å². The lowest BCUT2D eigenvalue weighted by Crippen LogP contribution is -2.00. The molecule has 0 heterocycles. The summed E-state index contributed by atoms with van der Waals surface area (Å²) in [4.78, 5) is 0. The van der Waals surface area contributed by atoms with Crippen LogP contribution in [0.5, 0.6) is 5.75 Å². The van der Waals surface area contributed by atoms with Gasteiger partial charge in [-0.05, 0) is 29.2 Å². The Balaban J connectivity index is 1.94. The second-order valence-corrected chi connectivity index (χ2v) is 5.22. The Labute approximate surface area is 126 Å². The highest BCUT2D eigenvalue weighted by atomic mass is 16.5. The van der Waals surface area contributed by atoms with Crippen LogP contribution in [0.25, 0.3) is 0 Å². The lowest BCUT2D eigenvalue weighted by Gasteiger charge is -2.10. The molecule has 108 valence electrons. The predicted molar refractivity (Wildman–Crippen MR) is 85.4 cm³/mol. The maximum absolute atomic E-state index is 8.52. The highest BCUT2D eigenvalue weighted by molar-refractivity contribution is 5.48. The number of nitrogens with zero attached hydrogens (tertiary/aromatic N) is 1. The van der Waals surface area contributed by atoms with Crippen LogP contribution in [-0.4, -0.2) is 6.61 Å². The predicted octanol–water partition coefficient (Wildman–Crippen LogP) is 4.32. The van der Waals surface area contributed by atoms with Gasteiger partial charge in [0.05, 0.1) is 0 Å². The molecule has 2 rings (SSSR count). The smallest absolute Gasteiger partial charge is 0.174 e. The fourth-order valence-corrected chi connectivity index (χ4v) is 2.04. The Morgan fingerprint density at radius 1 is 1.14 bits per heavy atom. The van der Waals surface area contributed by atoms with E-state index in [4.69, 9.17) is 10.00 Å². The molecule has 0 unspecified atom stereocenters. The molecule has 3 nitrogen and oxygen atoms in total. The SMILES string of the molecule is CC(C)c1ccc(CNc2cccc(OCC#N)c2)cc1. The number of nitrogens with one attached hydrogen (secondary N) is 1. The molecule has 3 heteroatoms. The second-order valence-electron chi connectivity index (χ2n) is 5.22. The van der Waals surface area contributed by atoms with E-state index in [9.17, 15) is 0 Å². The van der Waals surface area contributed by atoms with Crippen LogP contribution < -0.4 is 10.1 Å². The summed E-state index contributed by atoms with van der Waals surface area (Å²) in [7, 11) is 0. The Morgan fingerprint density at radius 2 is 1.90 bits per heavy atom. The molecule has 0 aliphatic carbocycles. The summed E-state index contributed by atoms with van der Waals surface area (Å²) >= 11 is 0. The van der Waals surface area contributed by atoms with Crippen molar-refractivity contribution in [2.45, 2.75) is 26.3 Å². The first-order valence-corrected chi connectivity index (χ1v) is 7.11. The lowest BCUT2D eigenvalue weighted by atomic mass is 10.0. The third kappa shape index (κ3) is 4.54. The van der Waals surface area contributed by atoms with Crippen molar-refractivity contribution in [3.63, 3.8) is 0 Å². The van der Waals surface area contributed by atoms with E-state index in [0.29, 0.717) is 11.7 Å². The van der Waals surface area contributed by atoms with Gasteiger partial charge in [0, 0.05) is 18.3 Å². The van der Waals surface area contributed by atoms with Crippen LogP contribution >= 0.6 is 0 Å². The Bertz CT molecular complexity index is 612. The van der Waals surface area contributed by atoms with Gasteiger partial charge < -0.3 is 10.1 Å². The van der Waals surface area contributed by atoms with E-state index in [0.717, 1.165) is 12.2 Å². The summed E-state index contributed by atoms with van der Waals surface area (Å²) in [6.07, 6.45) is 0. The summed E-state index contributed by atoms with van der Waals surface area (Å²) in [5.74, 6) is 1.26. The number of benzene rings is 2. The van der Waals surface area contributed by atoms with Gasteiger partial charge in [0.1, 0.15) is 11.8 Å². The first-order chi connectivity index (χ1) is 10.2. The highest BCUT2D eigenvalue weighted by Gasteiger charge is 2.00. The standard InChI is InChI=1S/C18H20N2O/c1-14(2)16-8-6-15(7-9-16)13-20-17-4-3-5-18(12-17)21-11-10-19/h3-9,12,14,20H,11,13H2,1-2H3. The molecule has 0 radical (unpaired) electrons. The molecule has 0 aromatic heterocycles. The van der Waals surface area contributed by atoms with Crippen LogP contribution in [0.3, 0.4) is 0 Å². The van der Waals surface area contributed by atoms with Crippen LogP contribution in [0.1, 0.15) is 30.9 Å². The number of ether oxygens (including phenoxy) is 1. The summed E-state index contributed by atoms with van der Waals surface area (Å²) in [6.45, 7) is 5.22. The first kappa shape index (κ1) is 14.9. The quantitative estimate of drug-likeness (QED) is 0.856. The second kappa shape index (κ2) is 7.35. The summed E-state index contributed by atoms with van der Waals surface area (Å²) in [5, 5.41) is 11.9. The number of rotatable bonds is 6. The Morgan fingerprint density at radius 3 is 2.57 bits per heavy atom. The largest absolute Gasteiger partial charge is 0.479 e. The maximum Gasteiger partial charge on any atom is 0.174 e. The molecule has 0 saturated carbocycles. The molecule has 0 amide bonds. The number of anilines is 1.